The molecule has 1 fully saturated rings. The number of hydrogen-bond acceptors (Lipinski definition) is 5. The van der Waals surface area contributed by atoms with E-state index < -0.39 is 36.5 Å². The van der Waals surface area contributed by atoms with Gasteiger partial charge in [0.2, 0.25) is 5.91 Å². The molecule has 0 bridgehead atoms. The number of rotatable bonds is 4. The first-order valence-electron chi connectivity index (χ1n) is 5.14. The van der Waals surface area contributed by atoms with Gasteiger partial charge >= 0.3 is 0 Å². The van der Waals surface area contributed by atoms with Gasteiger partial charge in [-0.3, -0.25) is 4.79 Å². The second-order valence-corrected chi connectivity index (χ2v) is 3.88. The van der Waals surface area contributed by atoms with Gasteiger partial charge < -0.3 is 30.7 Å². The maximum atomic E-state index is 11.5. The van der Waals surface area contributed by atoms with Crippen LogP contribution in [0.5, 0.6) is 0 Å². The van der Waals surface area contributed by atoms with E-state index in [4.69, 9.17) is 5.11 Å². The maximum Gasteiger partial charge on any atom is 0.229 e. The van der Waals surface area contributed by atoms with Crippen LogP contribution in [0.2, 0.25) is 0 Å². The quantitative estimate of drug-likeness (QED) is 0.444. The smallest absolute Gasteiger partial charge is 0.229 e. The summed E-state index contributed by atoms with van der Waals surface area (Å²) in [5, 5.41) is 34.2. The second-order valence-electron chi connectivity index (χ2n) is 3.88. The zero-order valence-corrected chi connectivity index (χ0v) is 8.72. The average Bonchev–Trinajstić information content (AvgIpc) is 2.25. The molecule has 0 saturated carbocycles. The zero-order valence-electron chi connectivity index (χ0n) is 8.72. The molecule has 92 valence electrons. The third-order valence-corrected chi connectivity index (χ3v) is 2.58. The summed E-state index contributed by atoms with van der Waals surface area (Å²) in [6.45, 7) is 0.189. The van der Waals surface area contributed by atoms with Crippen molar-refractivity contribution in [2.45, 2.75) is 18.6 Å². The molecule has 0 aromatic carbocycles. The summed E-state index contributed by atoms with van der Waals surface area (Å²) < 4.78 is 0. The van der Waals surface area contributed by atoms with E-state index >= 15 is 0 Å². The summed E-state index contributed by atoms with van der Waals surface area (Å²) in [5.41, 5.74) is 0. The van der Waals surface area contributed by atoms with E-state index in [1.54, 1.807) is 5.32 Å². The van der Waals surface area contributed by atoms with E-state index in [1.165, 1.54) is 0 Å². The molecule has 16 heavy (non-hydrogen) atoms. The number of aliphatic carboxylic acids is 1. The minimum absolute atomic E-state index is 0.202. The van der Waals surface area contributed by atoms with E-state index in [-0.39, 0.29) is 6.42 Å². The second kappa shape index (κ2) is 5.78. The number of carboxylic acids is 1. The van der Waals surface area contributed by atoms with Crippen molar-refractivity contribution in [2.24, 2.45) is 5.92 Å². The Morgan fingerprint density at radius 1 is 1.50 bits per heavy atom. The van der Waals surface area contributed by atoms with Crippen molar-refractivity contribution in [3.8, 4) is 0 Å². The summed E-state index contributed by atoms with van der Waals surface area (Å²) >= 11 is 0. The van der Waals surface area contributed by atoms with Gasteiger partial charge in [-0.1, -0.05) is 6.10 Å². The van der Waals surface area contributed by atoms with E-state index in [0.29, 0.717) is 13.1 Å². The molecular weight excluding hydrogens is 216 g/mol. The van der Waals surface area contributed by atoms with Crippen molar-refractivity contribution < 1.29 is 30.2 Å². The van der Waals surface area contributed by atoms with E-state index in [1.807, 2.05) is 0 Å². The van der Waals surface area contributed by atoms with Crippen molar-refractivity contribution in [2.75, 3.05) is 19.7 Å². The largest absolute Gasteiger partial charge is 0.848 e. The number of piperidine rings is 1. The molecule has 3 atom stereocenters. The highest BCUT2D eigenvalue weighted by Gasteiger charge is 2.26. The highest BCUT2D eigenvalue weighted by atomic mass is 16.4. The first-order valence-corrected chi connectivity index (χ1v) is 5.14. The van der Waals surface area contributed by atoms with Crippen LogP contribution >= 0.6 is 0 Å². The van der Waals surface area contributed by atoms with Crippen molar-refractivity contribution in [1.82, 2.24) is 5.32 Å². The van der Waals surface area contributed by atoms with E-state index in [0.717, 1.165) is 0 Å². The monoisotopic (exact) mass is 231 g/mol. The number of carbonyl (C=O) groups excluding carboxylic acids is 2. The number of carboxylic acid groups (broad SMARTS) is 1. The van der Waals surface area contributed by atoms with Gasteiger partial charge in [-0.2, -0.15) is 0 Å². The summed E-state index contributed by atoms with van der Waals surface area (Å²) in [7, 11) is 0. The Balaban J connectivity index is 2.47. The molecule has 0 spiro atoms. The van der Waals surface area contributed by atoms with Crippen LogP contribution in [0, 0.1) is 5.92 Å². The zero-order chi connectivity index (χ0) is 12.1. The van der Waals surface area contributed by atoms with Gasteiger partial charge in [-0.15, -0.1) is 0 Å². The molecule has 0 radical (unpaired) electrons. The topological polar surface area (TPSA) is 129 Å². The van der Waals surface area contributed by atoms with Crippen LogP contribution in [0.3, 0.4) is 0 Å². The normalized spacial score (nSPS) is 27.1. The molecule has 0 aromatic heterocycles. The number of aliphatic hydroxyl groups is 1. The van der Waals surface area contributed by atoms with Gasteiger partial charge in [-0.25, -0.2) is 0 Å². The van der Waals surface area contributed by atoms with Gasteiger partial charge in [-0.05, 0) is 6.42 Å². The predicted octanol–water partition coefficient (Wildman–Crippen LogP) is -5.47. The van der Waals surface area contributed by atoms with Crippen LogP contribution in [0.15, 0.2) is 0 Å². The molecule has 1 saturated heterocycles. The number of nitrogens with one attached hydrogen (secondary N) is 1. The van der Waals surface area contributed by atoms with Crippen molar-refractivity contribution >= 4 is 11.9 Å². The molecule has 7 nitrogen and oxygen atoms in total. The third-order valence-electron chi connectivity index (χ3n) is 2.58. The first kappa shape index (κ1) is 12.9. The van der Waals surface area contributed by atoms with Gasteiger partial charge in [0.05, 0.1) is 37.6 Å². The summed E-state index contributed by atoms with van der Waals surface area (Å²) in [5.74, 6) is -2.54. The van der Waals surface area contributed by atoms with Crippen LogP contribution < -0.4 is 20.8 Å². The Morgan fingerprint density at radius 3 is 2.69 bits per heavy atom. The molecule has 0 aliphatic carbocycles. The highest BCUT2D eigenvalue weighted by Crippen LogP contribution is 2.06. The maximum absolute atomic E-state index is 11.5. The number of carbonyl (C=O) groups is 2. The average molecular weight is 231 g/mol. The first-order chi connectivity index (χ1) is 7.54. The molecule has 1 aliphatic heterocycles. The van der Waals surface area contributed by atoms with Crippen LogP contribution in [0.4, 0.5) is 0 Å². The minimum Gasteiger partial charge on any atom is -0.848 e. The van der Waals surface area contributed by atoms with Gasteiger partial charge in [0, 0.05) is 0 Å². The minimum atomic E-state index is -1.53. The lowest BCUT2D eigenvalue weighted by Gasteiger charge is -2.31. The van der Waals surface area contributed by atoms with Crippen molar-refractivity contribution in [3.05, 3.63) is 0 Å². The predicted molar refractivity (Wildman–Crippen MR) is 47.6 cm³/mol. The molecule has 1 heterocycles. The Kier molecular flexibility index (Phi) is 4.66. The number of quaternary nitrogens is 1. The molecule has 1 aliphatic rings. The molecular formula is C9H15N2O5-. The van der Waals surface area contributed by atoms with E-state index in [2.05, 4.69) is 5.32 Å². The Bertz CT molecular complexity index is 271. The fourth-order valence-electron chi connectivity index (χ4n) is 1.68. The van der Waals surface area contributed by atoms with Crippen molar-refractivity contribution in [1.29, 1.82) is 0 Å². The fourth-order valence-corrected chi connectivity index (χ4v) is 1.68. The third kappa shape index (κ3) is 3.44. The summed E-state index contributed by atoms with van der Waals surface area (Å²) in [6.07, 6.45) is -0.604. The molecule has 1 rings (SSSR count). The van der Waals surface area contributed by atoms with Gasteiger partial charge in [0.15, 0.2) is 0 Å². The lowest BCUT2D eigenvalue weighted by Crippen LogP contribution is -2.91. The van der Waals surface area contributed by atoms with Crippen molar-refractivity contribution in [3.63, 3.8) is 0 Å². The van der Waals surface area contributed by atoms with E-state index in [9.17, 15) is 19.8 Å². The SMILES string of the molecule is O=C(N[C@@H](CO)C(=O)[O-])C1C[NH2+]CC([O-])C1. The number of nitrogens with two attached hydrogens (primary N) is 1. The summed E-state index contributed by atoms with van der Waals surface area (Å²) in [6, 6.07) is -1.40. The molecule has 0 aromatic rings. The highest BCUT2D eigenvalue weighted by molar-refractivity contribution is 5.84. The number of aliphatic hydroxyl groups excluding tert-OH is 1. The molecule has 4 N–H and O–H groups in total. The summed E-state index contributed by atoms with van der Waals surface area (Å²) in [4.78, 5) is 22.0. The number of amides is 1. The molecule has 7 heteroatoms. The van der Waals surface area contributed by atoms with Crippen LogP contribution in [0.25, 0.3) is 0 Å². The van der Waals surface area contributed by atoms with Crippen LogP contribution in [0.1, 0.15) is 6.42 Å². The van der Waals surface area contributed by atoms with Gasteiger partial charge in [0.25, 0.3) is 0 Å². The van der Waals surface area contributed by atoms with Crippen LogP contribution in [-0.2, 0) is 9.59 Å². The standard InChI is InChI=1S/C9H15N2O5/c12-4-7(9(15)16)11-8(14)5-1-6(13)3-10-2-5/h5-7,10,12H,1-4H2,(H,11,14)(H,15,16)/q-1/t5?,6?,7-/m0/s1. The Morgan fingerprint density at radius 2 is 2.19 bits per heavy atom. The molecule has 2 unspecified atom stereocenters. The lowest BCUT2D eigenvalue weighted by atomic mass is 9.96. The lowest BCUT2D eigenvalue weighted by molar-refractivity contribution is -0.696. The number of hydrogen-bond donors (Lipinski definition) is 3. The fraction of sp³-hybridized carbons (Fsp3) is 0.778. The Labute approximate surface area is 92.5 Å². The van der Waals surface area contributed by atoms with Crippen LogP contribution in [-0.4, -0.2) is 48.8 Å². The van der Waals surface area contributed by atoms with Gasteiger partial charge in [0.1, 0.15) is 0 Å². The molecule has 1 amide bonds. The Hall–Kier alpha value is -1.18.